The van der Waals surface area contributed by atoms with E-state index in [1.807, 2.05) is 36.4 Å². The van der Waals surface area contributed by atoms with E-state index in [4.69, 9.17) is 18.8 Å². The molecule has 256 valence electrons. The second-order valence-electron chi connectivity index (χ2n) is 14.2. The Bertz CT molecular complexity index is 3480. The molecule has 0 aliphatic rings. The van der Waals surface area contributed by atoms with E-state index in [-0.39, 0.29) is 0 Å². The summed E-state index contributed by atoms with van der Waals surface area (Å²) in [6.45, 7) is 0. The summed E-state index contributed by atoms with van der Waals surface area (Å²) in [5, 5.41) is 8.82. The Balaban J connectivity index is 1.13. The van der Waals surface area contributed by atoms with E-state index >= 15 is 0 Å². The summed E-state index contributed by atoms with van der Waals surface area (Å²) < 4.78 is 15.0. The third-order valence-corrected chi connectivity index (χ3v) is 11.0. The summed E-state index contributed by atoms with van der Waals surface area (Å²) in [5.74, 6) is 1.42. The Morgan fingerprint density at radius 2 is 1.07 bits per heavy atom. The Hall–Kier alpha value is -7.50. The second kappa shape index (κ2) is 11.5. The molecule has 5 nitrogen and oxygen atoms in total. The topological polar surface area (TPSA) is 57.0 Å². The van der Waals surface area contributed by atoms with Crippen molar-refractivity contribution < 1.29 is 8.83 Å². The van der Waals surface area contributed by atoms with E-state index in [9.17, 15) is 0 Å². The largest absolute Gasteiger partial charge is 0.456 e. The molecular weight excluding hydrogens is 675 g/mol. The number of benzene rings is 8. The third-order valence-electron chi connectivity index (χ3n) is 11.0. The van der Waals surface area contributed by atoms with Crippen LogP contribution in [-0.4, -0.2) is 14.5 Å². The summed E-state index contributed by atoms with van der Waals surface area (Å²) in [7, 11) is 0. The summed E-state index contributed by atoms with van der Waals surface area (Å²) in [5.41, 5.74) is 10.6. The molecule has 0 atom stereocenters. The van der Waals surface area contributed by atoms with Crippen LogP contribution in [0.4, 0.5) is 0 Å². The Labute approximate surface area is 314 Å². The number of hydrogen-bond acceptors (Lipinski definition) is 4. The normalized spacial score (nSPS) is 12.0. The van der Waals surface area contributed by atoms with Gasteiger partial charge in [-0.05, 0) is 76.5 Å². The van der Waals surface area contributed by atoms with Crippen LogP contribution in [0.1, 0.15) is 0 Å². The number of hydrogen-bond donors (Lipinski definition) is 0. The molecule has 0 fully saturated rings. The van der Waals surface area contributed by atoms with E-state index in [1.54, 1.807) is 0 Å². The van der Waals surface area contributed by atoms with Gasteiger partial charge in [0, 0.05) is 38.1 Å². The molecule has 0 amide bonds. The highest BCUT2D eigenvalue weighted by atomic mass is 16.3. The van der Waals surface area contributed by atoms with Crippen molar-refractivity contribution in [3.8, 4) is 39.7 Å². The molecule has 0 aliphatic carbocycles. The van der Waals surface area contributed by atoms with Crippen molar-refractivity contribution in [2.75, 3.05) is 0 Å². The number of aromatic nitrogens is 3. The molecule has 0 spiro atoms. The lowest BCUT2D eigenvalue weighted by Gasteiger charge is -2.12. The van der Waals surface area contributed by atoms with E-state index in [2.05, 4.69) is 144 Å². The second-order valence-corrected chi connectivity index (χ2v) is 14.2. The van der Waals surface area contributed by atoms with Gasteiger partial charge in [0.15, 0.2) is 0 Å². The Morgan fingerprint density at radius 3 is 1.93 bits per heavy atom. The van der Waals surface area contributed by atoms with Crippen molar-refractivity contribution in [1.82, 2.24) is 14.5 Å². The number of para-hydroxylation sites is 1. The molecule has 0 saturated carbocycles. The summed E-state index contributed by atoms with van der Waals surface area (Å²) in [6.07, 6.45) is 0. The van der Waals surface area contributed by atoms with Crippen molar-refractivity contribution in [3.05, 3.63) is 176 Å². The number of fused-ring (bicyclic) bond motifs is 11. The van der Waals surface area contributed by atoms with Crippen LogP contribution in [0.5, 0.6) is 0 Å². The molecule has 0 radical (unpaired) electrons. The van der Waals surface area contributed by atoms with Crippen molar-refractivity contribution in [2.45, 2.75) is 0 Å². The minimum atomic E-state index is 0.606. The predicted octanol–water partition coefficient (Wildman–Crippen LogP) is 13.5. The van der Waals surface area contributed by atoms with Crippen molar-refractivity contribution in [1.29, 1.82) is 0 Å². The molecule has 0 saturated heterocycles. The van der Waals surface area contributed by atoms with Crippen LogP contribution in [0.3, 0.4) is 0 Å². The van der Waals surface area contributed by atoms with Gasteiger partial charge in [0.25, 0.3) is 0 Å². The lowest BCUT2D eigenvalue weighted by atomic mass is 9.99. The van der Waals surface area contributed by atoms with Gasteiger partial charge < -0.3 is 8.83 Å². The van der Waals surface area contributed by atoms with Crippen LogP contribution in [0.15, 0.2) is 185 Å². The van der Waals surface area contributed by atoms with Gasteiger partial charge in [-0.15, -0.1) is 0 Å². The van der Waals surface area contributed by atoms with Gasteiger partial charge in [-0.2, -0.15) is 0 Å². The number of rotatable bonds is 4. The van der Waals surface area contributed by atoms with E-state index in [0.29, 0.717) is 5.95 Å². The van der Waals surface area contributed by atoms with Crippen LogP contribution >= 0.6 is 0 Å². The fraction of sp³-hybridized carbons (Fsp3) is 0. The Kier molecular flexibility index (Phi) is 6.27. The zero-order valence-corrected chi connectivity index (χ0v) is 29.4. The summed E-state index contributed by atoms with van der Waals surface area (Å²) >= 11 is 0. The van der Waals surface area contributed by atoms with Crippen LogP contribution in [-0.2, 0) is 0 Å². The minimum absolute atomic E-state index is 0.606. The third kappa shape index (κ3) is 4.53. The molecule has 0 aliphatic heterocycles. The molecule has 0 N–H and O–H groups in total. The first-order valence-corrected chi connectivity index (χ1v) is 18.5. The van der Waals surface area contributed by atoms with Crippen molar-refractivity contribution >= 4 is 76.4 Å². The van der Waals surface area contributed by atoms with Gasteiger partial charge in [-0.3, -0.25) is 4.57 Å². The SMILES string of the molecule is c1ccc(-c2cc3ccc4nc(-n5c6ccc(-c7ccc8oc9ccccc9c8c7)cc6c6c7ccccc7ccc65)nc(-c5ccccc5)c4c3o2)cc1. The molecule has 0 bridgehead atoms. The molecule has 4 heterocycles. The van der Waals surface area contributed by atoms with Crippen LogP contribution in [0.2, 0.25) is 0 Å². The highest BCUT2D eigenvalue weighted by molar-refractivity contribution is 6.22. The molecule has 12 aromatic rings. The van der Waals surface area contributed by atoms with Gasteiger partial charge in [-0.25, -0.2) is 9.97 Å². The molecule has 55 heavy (non-hydrogen) atoms. The molecule has 12 rings (SSSR count). The molecular formula is C50H29N3O2. The standard InChI is InChI=1S/C50H29N3O2/c1-3-12-31(13-4-1)45-29-35-19-23-40-47(49(35)55-45)48(32-14-5-2-6-15-32)52-50(51-40)53-41-24-21-33(28-39(41)46-36-16-8-7-11-30(36)20-25-42(46)53)34-22-26-44-38(27-34)37-17-9-10-18-43(37)54-44/h1-29H. The molecule has 0 unspecified atom stereocenters. The molecule has 5 heteroatoms. The fourth-order valence-corrected chi connectivity index (χ4v) is 8.44. The Morgan fingerprint density at radius 1 is 0.400 bits per heavy atom. The minimum Gasteiger partial charge on any atom is -0.456 e. The van der Waals surface area contributed by atoms with Crippen LogP contribution < -0.4 is 0 Å². The van der Waals surface area contributed by atoms with E-state index < -0.39 is 0 Å². The number of nitrogens with zero attached hydrogens (tertiary/aromatic N) is 3. The maximum atomic E-state index is 6.66. The van der Waals surface area contributed by atoms with Crippen LogP contribution in [0.25, 0.3) is 116 Å². The monoisotopic (exact) mass is 703 g/mol. The highest BCUT2D eigenvalue weighted by Crippen LogP contribution is 2.42. The van der Waals surface area contributed by atoms with Gasteiger partial charge >= 0.3 is 0 Å². The van der Waals surface area contributed by atoms with E-state index in [1.165, 1.54) is 16.2 Å². The highest BCUT2D eigenvalue weighted by Gasteiger charge is 2.22. The quantitative estimate of drug-likeness (QED) is 0.183. The van der Waals surface area contributed by atoms with Crippen molar-refractivity contribution in [3.63, 3.8) is 0 Å². The first kappa shape index (κ1) is 30.0. The van der Waals surface area contributed by atoms with E-state index in [0.717, 1.165) is 93.9 Å². The van der Waals surface area contributed by atoms with Gasteiger partial charge in [0.1, 0.15) is 22.5 Å². The maximum Gasteiger partial charge on any atom is 0.235 e. The van der Waals surface area contributed by atoms with Gasteiger partial charge in [0.05, 0.1) is 27.6 Å². The predicted molar refractivity (Wildman–Crippen MR) is 225 cm³/mol. The zero-order chi connectivity index (χ0) is 36.0. The number of furan rings is 2. The van der Waals surface area contributed by atoms with Gasteiger partial charge in [0.2, 0.25) is 5.95 Å². The average Bonchev–Trinajstić information content (AvgIpc) is 3.95. The zero-order valence-electron chi connectivity index (χ0n) is 29.4. The first-order valence-electron chi connectivity index (χ1n) is 18.5. The summed E-state index contributed by atoms with van der Waals surface area (Å²) in [6, 6.07) is 61.4. The lowest BCUT2D eigenvalue weighted by Crippen LogP contribution is -2.03. The lowest BCUT2D eigenvalue weighted by molar-refractivity contribution is 0.635. The molecule has 4 aromatic heterocycles. The van der Waals surface area contributed by atoms with Crippen molar-refractivity contribution in [2.24, 2.45) is 0 Å². The average molecular weight is 704 g/mol. The maximum absolute atomic E-state index is 6.66. The first-order chi connectivity index (χ1) is 27.2. The van der Waals surface area contributed by atoms with Crippen LogP contribution in [0, 0.1) is 0 Å². The van der Waals surface area contributed by atoms with Gasteiger partial charge in [-0.1, -0.05) is 121 Å². The summed E-state index contributed by atoms with van der Waals surface area (Å²) in [4.78, 5) is 10.8. The smallest absolute Gasteiger partial charge is 0.235 e. The fourth-order valence-electron chi connectivity index (χ4n) is 8.44. The molecule has 8 aromatic carbocycles.